The predicted molar refractivity (Wildman–Crippen MR) is 59.8 cm³/mol. The summed E-state index contributed by atoms with van der Waals surface area (Å²) < 4.78 is 5.41. The first kappa shape index (κ1) is 10.6. The second-order valence-electron chi connectivity index (χ2n) is 3.07. The normalized spacial score (nSPS) is 10.0. The number of rotatable bonds is 4. The highest BCUT2D eigenvalue weighted by molar-refractivity contribution is 7.07. The third kappa shape index (κ3) is 2.38. The first-order valence-corrected chi connectivity index (χ1v) is 5.54. The topological polar surface area (TPSA) is 59.4 Å². The lowest BCUT2D eigenvalue weighted by atomic mass is 10.2. The number of nitrogens with zero attached hydrogens (tertiary/aromatic N) is 1. The van der Waals surface area contributed by atoms with E-state index >= 15 is 0 Å². The molecule has 2 aromatic rings. The third-order valence-corrected chi connectivity index (χ3v) is 2.61. The molecule has 0 aliphatic rings. The molecule has 0 amide bonds. The van der Waals surface area contributed by atoms with E-state index in [-0.39, 0.29) is 12.2 Å². The van der Waals surface area contributed by atoms with Crippen molar-refractivity contribution in [1.29, 1.82) is 0 Å². The molecule has 1 aromatic carbocycles. The number of para-hydroxylation sites is 1. The molecule has 1 N–H and O–H groups in total. The molecule has 4 nitrogen and oxygen atoms in total. The smallest absolute Gasteiger partial charge is 0.339 e. The van der Waals surface area contributed by atoms with Crippen molar-refractivity contribution < 1.29 is 14.6 Å². The number of thiazole rings is 1. The summed E-state index contributed by atoms with van der Waals surface area (Å²) in [7, 11) is 0. The molecule has 16 heavy (non-hydrogen) atoms. The van der Waals surface area contributed by atoms with Crippen molar-refractivity contribution in [3.63, 3.8) is 0 Å². The Balaban J connectivity index is 2.12. The van der Waals surface area contributed by atoms with E-state index in [0.717, 1.165) is 5.69 Å². The Morgan fingerprint density at radius 1 is 1.44 bits per heavy atom. The van der Waals surface area contributed by atoms with Gasteiger partial charge in [-0.15, -0.1) is 11.3 Å². The number of ether oxygens (including phenoxy) is 1. The lowest BCUT2D eigenvalue weighted by molar-refractivity contribution is 0.0691. The predicted octanol–water partition coefficient (Wildman–Crippen LogP) is 2.42. The van der Waals surface area contributed by atoms with Gasteiger partial charge in [0.05, 0.1) is 11.2 Å². The van der Waals surface area contributed by atoms with Gasteiger partial charge in [-0.25, -0.2) is 9.78 Å². The van der Waals surface area contributed by atoms with Crippen LogP contribution in [0.4, 0.5) is 0 Å². The number of carbonyl (C=O) groups is 1. The van der Waals surface area contributed by atoms with E-state index in [1.54, 1.807) is 23.7 Å². The highest BCUT2D eigenvalue weighted by Gasteiger charge is 2.10. The summed E-state index contributed by atoms with van der Waals surface area (Å²) in [5.74, 6) is -0.628. The van der Waals surface area contributed by atoms with Gasteiger partial charge in [0.15, 0.2) is 0 Å². The maximum absolute atomic E-state index is 10.9. The summed E-state index contributed by atoms with van der Waals surface area (Å²) in [6, 6.07) is 6.55. The molecule has 0 radical (unpaired) electrons. The molecule has 82 valence electrons. The third-order valence-electron chi connectivity index (χ3n) is 1.98. The Morgan fingerprint density at radius 3 is 2.94 bits per heavy atom. The molecule has 0 atom stereocenters. The minimum absolute atomic E-state index is 0.165. The van der Waals surface area contributed by atoms with Crippen LogP contribution in [0.5, 0.6) is 5.75 Å². The van der Waals surface area contributed by atoms with E-state index in [4.69, 9.17) is 9.84 Å². The van der Waals surface area contributed by atoms with Gasteiger partial charge in [0, 0.05) is 5.38 Å². The second-order valence-corrected chi connectivity index (χ2v) is 3.79. The van der Waals surface area contributed by atoms with Crippen molar-refractivity contribution in [2.45, 2.75) is 6.61 Å². The van der Waals surface area contributed by atoms with Gasteiger partial charge in [-0.3, -0.25) is 0 Å². The molecule has 0 saturated carbocycles. The minimum atomic E-state index is -0.992. The fourth-order valence-electron chi connectivity index (χ4n) is 1.23. The van der Waals surface area contributed by atoms with Gasteiger partial charge in [0.1, 0.15) is 17.9 Å². The first-order valence-electron chi connectivity index (χ1n) is 4.59. The monoisotopic (exact) mass is 235 g/mol. The zero-order valence-corrected chi connectivity index (χ0v) is 9.11. The molecule has 0 saturated heterocycles. The summed E-state index contributed by atoms with van der Waals surface area (Å²) in [6.07, 6.45) is 0. The highest BCUT2D eigenvalue weighted by Crippen LogP contribution is 2.19. The van der Waals surface area contributed by atoms with Crippen LogP contribution in [-0.2, 0) is 6.61 Å². The van der Waals surface area contributed by atoms with Crippen molar-refractivity contribution in [2.75, 3.05) is 0 Å². The number of carboxylic acid groups (broad SMARTS) is 1. The van der Waals surface area contributed by atoms with Crippen LogP contribution < -0.4 is 4.74 Å². The summed E-state index contributed by atoms with van der Waals surface area (Å²) in [6.45, 7) is 0.286. The molecule has 2 rings (SSSR count). The van der Waals surface area contributed by atoms with Crippen molar-refractivity contribution in [3.8, 4) is 5.75 Å². The fraction of sp³-hybridized carbons (Fsp3) is 0.0909. The molecule has 0 bridgehead atoms. The molecular formula is C11H9NO3S. The minimum Gasteiger partial charge on any atom is -0.486 e. The van der Waals surface area contributed by atoms with Crippen LogP contribution in [0.3, 0.4) is 0 Å². The van der Waals surface area contributed by atoms with Gasteiger partial charge >= 0.3 is 5.97 Å². The van der Waals surface area contributed by atoms with Crippen LogP contribution in [0.25, 0.3) is 0 Å². The van der Waals surface area contributed by atoms with E-state index in [0.29, 0.717) is 5.75 Å². The van der Waals surface area contributed by atoms with Gasteiger partial charge in [-0.2, -0.15) is 0 Å². The van der Waals surface area contributed by atoms with Gasteiger partial charge in [-0.05, 0) is 12.1 Å². The largest absolute Gasteiger partial charge is 0.486 e. The number of carboxylic acids is 1. The molecular weight excluding hydrogens is 226 g/mol. The van der Waals surface area contributed by atoms with E-state index in [9.17, 15) is 4.79 Å². The van der Waals surface area contributed by atoms with Crippen molar-refractivity contribution in [3.05, 3.63) is 46.4 Å². The van der Waals surface area contributed by atoms with E-state index in [1.165, 1.54) is 17.4 Å². The summed E-state index contributed by atoms with van der Waals surface area (Å²) in [5, 5.41) is 10.8. The van der Waals surface area contributed by atoms with Crippen LogP contribution in [0.15, 0.2) is 35.2 Å². The Labute approximate surface area is 96.1 Å². The standard InChI is InChI=1S/C11H9NO3S/c13-11(14)9-3-1-2-4-10(9)15-5-8-6-16-7-12-8/h1-4,6-7H,5H2,(H,13,14). The fourth-order valence-corrected chi connectivity index (χ4v) is 1.77. The van der Waals surface area contributed by atoms with Crippen molar-refractivity contribution in [2.24, 2.45) is 0 Å². The maximum Gasteiger partial charge on any atom is 0.339 e. The zero-order chi connectivity index (χ0) is 11.4. The van der Waals surface area contributed by atoms with Crippen LogP contribution >= 0.6 is 11.3 Å². The second kappa shape index (κ2) is 4.76. The molecule has 0 fully saturated rings. The Hall–Kier alpha value is -1.88. The van der Waals surface area contributed by atoms with E-state index in [1.807, 2.05) is 5.38 Å². The molecule has 1 aromatic heterocycles. The van der Waals surface area contributed by atoms with Gasteiger partial charge in [0.25, 0.3) is 0 Å². The van der Waals surface area contributed by atoms with E-state index < -0.39 is 5.97 Å². The number of aromatic nitrogens is 1. The Morgan fingerprint density at radius 2 is 2.25 bits per heavy atom. The summed E-state index contributed by atoms with van der Waals surface area (Å²) in [5.41, 5.74) is 2.67. The lowest BCUT2D eigenvalue weighted by Crippen LogP contribution is -2.03. The highest BCUT2D eigenvalue weighted by atomic mass is 32.1. The molecule has 0 spiro atoms. The maximum atomic E-state index is 10.9. The zero-order valence-electron chi connectivity index (χ0n) is 8.29. The number of hydrogen-bond acceptors (Lipinski definition) is 4. The van der Waals surface area contributed by atoms with Gasteiger partial charge < -0.3 is 9.84 Å². The molecule has 0 aliphatic carbocycles. The van der Waals surface area contributed by atoms with Crippen molar-refractivity contribution in [1.82, 2.24) is 4.98 Å². The Bertz CT molecular complexity index is 482. The number of benzene rings is 1. The van der Waals surface area contributed by atoms with Crippen LogP contribution in [0.1, 0.15) is 16.1 Å². The summed E-state index contributed by atoms with van der Waals surface area (Å²) >= 11 is 1.48. The average Bonchev–Trinajstić information content (AvgIpc) is 2.79. The molecule has 5 heteroatoms. The average molecular weight is 235 g/mol. The van der Waals surface area contributed by atoms with Gasteiger partial charge in [0.2, 0.25) is 0 Å². The lowest BCUT2D eigenvalue weighted by Gasteiger charge is -2.06. The Kier molecular flexibility index (Phi) is 3.16. The van der Waals surface area contributed by atoms with Crippen LogP contribution in [-0.4, -0.2) is 16.1 Å². The van der Waals surface area contributed by atoms with Gasteiger partial charge in [-0.1, -0.05) is 12.1 Å². The van der Waals surface area contributed by atoms with Crippen LogP contribution in [0.2, 0.25) is 0 Å². The quantitative estimate of drug-likeness (QED) is 0.884. The van der Waals surface area contributed by atoms with E-state index in [2.05, 4.69) is 4.98 Å². The molecule has 0 aliphatic heterocycles. The van der Waals surface area contributed by atoms with Crippen LogP contribution in [0, 0.1) is 0 Å². The SMILES string of the molecule is O=C(O)c1ccccc1OCc1cscn1. The first-order chi connectivity index (χ1) is 7.77. The molecule has 1 heterocycles. The number of hydrogen-bond donors (Lipinski definition) is 1. The number of aromatic carboxylic acids is 1. The molecule has 0 unspecified atom stereocenters. The van der Waals surface area contributed by atoms with Crippen molar-refractivity contribution >= 4 is 17.3 Å². The summed E-state index contributed by atoms with van der Waals surface area (Å²) in [4.78, 5) is 14.9.